The van der Waals surface area contributed by atoms with Crippen LogP contribution in [0.3, 0.4) is 0 Å². The summed E-state index contributed by atoms with van der Waals surface area (Å²) >= 11 is 1.37. The topological polar surface area (TPSA) is 36.4 Å². The molecule has 0 aliphatic rings. The van der Waals surface area contributed by atoms with Gasteiger partial charge >= 0.3 is 0 Å². The number of rotatable bonds is 7. The zero-order valence-corrected chi connectivity index (χ0v) is 17.9. The predicted molar refractivity (Wildman–Crippen MR) is 115 cm³/mol. The van der Waals surface area contributed by atoms with Crippen molar-refractivity contribution < 1.29 is 13.6 Å². The Morgan fingerprint density at radius 2 is 1.72 bits per heavy atom. The molecule has 154 valence electrons. The Balaban J connectivity index is 2.05. The largest absolute Gasteiger partial charge is 0.302 e. The molecule has 0 spiro atoms. The van der Waals surface area contributed by atoms with Gasteiger partial charge in [-0.25, -0.2) is 13.8 Å². The molecule has 1 heterocycles. The third kappa shape index (κ3) is 4.46. The van der Waals surface area contributed by atoms with Crippen molar-refractivity contribution in [3.63, 3.8) is 0 Å². The van der Waals surface area contributed by atoms with Gasteiger partial charge in [-0.15, -0.1) is 0 Å². The Labute approximate surface area is 173 Å². The van der Waals surface area contributed by atoms with E-state index in [0.717, 1.165) is 46.6 Å². The molecular weight excluding hydrogens is 392 g/mol. The van der Waals surface area contributed by atoms with Crippen molar-refractivity contribution in [1.29, 1.82) is 0 Å². The maximum atomic E-state index is 14.3. The maximum Gasteiger partial charge on any atom is 0.266 e. The van der Waals surface area contributed by atoms with Crippen LogP contribution in [0.25, 0.3) is 10.2 Å². The third-order valence-electron chi connectivity index (χ3n) is 5.01. The number of hydrogen-bond donors (Lipinski definition) is 0. The number of thiazole rings is 1. The van der Waals surface area contributed by atoms with Crippen LogP contribution in [-0.2, 0) is 0 Å². The molecule has 0 bridgehead atoms. The number of anilines is 1. The maximum absolute atomic E-state index is 14.3. The number of carbonyl (C=O) groups excluding carboxylic acids is 1. The van der Waals surface area contributed by atoms with Crippen molar-refractivity contribution >= 4 is 32.6 Å². The van der Waals surface area contributed by atoms with Gasteiger partial charge in [0, 0.05) is 13.1 Å². The van der Waals surface area contributed by atoms with Crippen molar-refractivity contribution in [3.05, 3.63) is 58.7 Å². The number of hydrogen-bond acceptors (Lipinski definition) is 4. The number of halogens is 2. The number of benzene rings is 2. The van der Waals surface area contributed by atoms with Crippen LogP contribution >= 0.6 is 11.3 Å². The van der Waals surface area contributed by atoms with Crippen molar-refractivity contribution in [3.8, 4) is 0 Å². The molecule has 3 rings (SSSR count). The van der Waals surface area contributed by atoms with E-state index >= 15 is 0 Å². The lowest BCUT2D eigenvalue weighted by molar-refractivity contribution is 0.0975. The molecule has 0 unspecified atom stereocenters. The van der Waals surface area contributed by atoms with E-state index in [1.54, 1.807) is 0 Å². The van der Waals surface area contributed by atoms with E-state index in [9.17, 15) is 13.6 Å². The van der Waals surface area contributed by atoms with E-state index in [2.05, 4.69) is 9.88 Å². The van der Waals surface area contributed by atoms with Gasteiger partial charge < -0.3 is 4.90 Å². The molecule has 2 aromatic carbocycles. The molecular formula is C22H25F2N3OS. The summed E-state index contributed by atoms with van der Waals surface area (Å²) in [7, 11) is 0. The summed E-state index contributed by atoms with van der Waals surface area (Å²) in [5.74, 6) is -2.44. The number of aromatic nitrogens is 1. The van der Waals surface area contributed by atoms with Crippen LogP contribution in [0.5, 0.6) is 0 Å². The Bertz CT molecular complexity index is 1010. The monoisotopic (exact) mass is 417 g/mol. The molecule has 0 radical (unpaired) electrons. The first-order chi connectivity index (χ1) is 13.8. The molecule has 0 fully saturated rings. The molecule has 1 aromatic heterocycles. The van der Waals surface area contributed by atoms with Crippen LogP contribution in [0.15, 0.2) is 30.3 Å². The highest BCUT2D eigenvalue weighted by atomic mass is 32.1. The van der Waals surface area contributed by atoms with Gasteiger partial charge in [-0.05, 0) is 56.3 Å². The zero-order chi connectivity index (χ0) is 21.1. The van der Waals surface area contributed by atoms with Crippen LogP contribution in [0, 0.1) is 25.5 Å². The second-order valence-corrected chi connectivity index (χ2v) is 8.01. The van der Waals surface area contributed by atoms with E-state index in [1.807, 2.05) is 39.8 Å². The quantitative estimate of drug-likeness (QED) is 0.531. The first-order valence-corrected chi connectivity index (χ1v) is 10.5. The van der Waals surface area contributed by atoms with Gasteiger partial charge in [-0.1, -0.05) is 37.3 Å². The van der Waals surface area contributed by atoms with Crippen molar-refractivity contribution in [1.82, 2.24) is 9.88 Å². The highest BCUT2D eigenvalue weighted by molar-refractivity contribution is 7.22. The molecule has 0 aliphatic carbocycles. The Kier molecular flexibility index (Phi) is 6.59. The lowest BCUT2D eigenvalue weighted by Crippen LogP contribution is -2.39. The molecule has 0 N–H and O–H groups in total. The predicted octanol–water partition coefficient (Wildman–Crippen LogP) is 5.18. The van der Waals surface area contributed by atoms with Crippen LogP contribution in [0.2, 0.25) is 0 Å². The first-order valence-electron chi connectivity index (χ1n) is 9.71. The first kappa shape index (κ1) is 21.3. The van der Waals surface area contributed by atoms with Crippen LogP contribution in [0.4, 0.5) is 13.9 Å². The van der Waals surface area contributed by atoms with E-state index in [1.165, 1.54) is 22.3 Å². The summed E-state index contributed by atoms with van der Waals surface area (Å²) in [6, 6.07) is 7.51. The van der Waals surface area contributed by atoms with Crippen molar-refractivity contribution in [2.45, 2.75) is 27.7 Å². The molecule has 4 nitrogen and oxygen atoms in total. The second-order valence-electron chi connectivity index (χ2n) is 7.01. The van der Waals surface area contributed by atoms with Crippen LogP contribution < -0.4 is 4.90 Å². The Morgan fingerprint density at radius 3 is 2.34 bits per heavy atom. The molecule has 29 heavy (non-hydrogen) atoms. The molecule has 0 saturated heterocycles. The average Bonchev–Trinajstić information content (AvgIpc) is 3.09. The van der Waals surface area contributed by atoms with E-state index in [-0.39, 0.29) is 0 Å². The highest BCUT2D eigenvalue weighted by Crippen LogP contribution is 2.32. The summed E-state index contributed by atoms with van der Waals surface area (Å²) in [5, 5.41) is 0.452. The number of fused-ring (bicyclic) bond motifs is 1. The number of aryl methyl sites for hydroxylation is 2. The van der Waals surface area contributed by atoms with E-state index < -0.39 is 23.1 Å². The smallest absolute Gasteiger partial charge is 0.266 e. The lowest BCUT2D eigenvalue weighted by Gasteiger charge is -2.25. The number of carbonyl (C=O) groups is 1. The number of nitrogens with zero attached hydrogens (tertiary/aromatic N) is 3. The van der Waals surface area contributed by atoms with Gasteiger partial charge in [0.25, 0.3) is 5.91 Å². The molecule has 0 atom stereocenters. The summed E-state index contributed by atoms with van der Waals surface area (Å²) < 4.78 is 29.6. The summed E-state index contributed by atoms with van der Waals surface area (Å²) in [4.78, 5) is 21.4. The van der Waals surface area contributed by atoms with Crippen molar-refractivity contribution in [2.75, 3.05) is 31.1 Å². The number of likely N-dealkylation sites (N-methyl/N-ethyl adjacent to an activating group) is 1. The Morgan fingerprint density at radius 1 is 1.07 bits per heavy atom. The van der Waals surface area contributed by atoms with Crippen LogP contribution in [-0.4, -0.2) is 42.0 Å². The summed E-state index contributed by atoms with van der Waals surface area (Å²) in [6.45, 7) is 10.6. The SMILES string of the molecule is CCN(CC)CCN(C(=O)c1c(F)cccc1F)c1nc2c(C)cc(C)cc2s1. The molecule has 0 aliphatic heterocycles. The normalized spacial score (nSPS) is 11.4. The number of amides is 1. The summed E-state index contributed by atoms with van der Waals surface area (Å²) in [6.07, 6.45) is 0. The average molecular weight is 418 g/mol. The van der Waals surface area contributed by atoms with E-state index in [0.29, 0.717) is 18.2 Å². The molecule has 3 aromatic rings. The molecule has 0 saturated carbocycles. The minimum Gasteiger partial charge on any atom is -0.302 e. The minimum atomic E-state index is -0.865. The second kappa shape index (κ2) is 8.97. The van der Waals surface area contributed by atoms with Gasteiger partial charge in [0.15, 0.2) is 5.13 Å². The van der Waals surface area contributed by atoms with Gasteiger partial charge in [-0.3, -0.25) is 9.69 Å². The molecule has 1 amide bonds. The van der Waals surface area contributed by atoms with Gasteiger partial charge in [-0.2, -0.15) is 0 Å². The minimum absolute atomic E-state index is 0.298. The highest BCUT2D eigenvalue weighted by Gasteiger charge is 2.27. The standard InChI is InChI=1S/C22H25F2N3OS/c1-5-26(6-2)10-11-27(21(28)19-16(23)8-7-9-17(19)24)22-25-20-15(4)12-14(3)13-18(20)29-22/h7-9,12-13H,5-6,10-11H2,1-4H3. The van der Waals surface area contributed by atoms with E-state index in [4.69, 9.17) is 0 Å². The van der Waals surface area contributed by atoms with Crippen molar-refractivity contribution in [2.24, 2.45) is 0 Å². The lowest BCUT2D eigenvalue weighted by atomic mass is 10.1. The summed E-state index contributed by atoms with van der Waals surface area (Å²) in [5.41, 5.74) is 2.38. The van der Waals surface area contributed by atoms with Gasteiger partial charge in [0.2, 0.25) is 0 Å². The fourth-order valence-electron chi connectivity index (χ4n) is 3.38. The van der Waals surface area contributed by atoms with Gasteiger partial charge in [0.1, 0.15) is 17.2 Å². The molecule has 7 heteroatoms. The Hall–Kier alpha value is -2.38. The fourth-order valence-corrected chi connectivity index (χ4v) is 4.54. The van der Waals surface area contributed by atoms with Gasteiger partial charge in [0.05, 0.1) is 10.2 Å². The van der Waals surface area contributed by atoms with Crippen LogP contribution in [0.1, 0.15) is 35.3 Å². The zero-order valence-electron chi connectivity index (χ0n) is 17.1. The fraction of sp³-hybridized carbons (Fsp3) is 0.364. The third-order valence-corrected chi connectivity index (χ3v) is 6.03.